The van der Waals surface area contributed by atoms with Gasteiger partial charge in [0.1, 0.15) is 0 Å². The van der Waals surface area contributed by atoms with E-state index < -0.39 is 5.82 Å². The zero-order valence-electron chi connectivity index (χ0n) is 7.24. The minimum Gasteiger partial charge on any atom is -0.253 e. The molecule has 0 aliphatic carbocycles. The van der Waals surface area contributed by atoms with Crippen molar-refractivity contribution in [2.45, 2.75) is 0 Å². The smallest absolute Gasteiger partial charge is 0.160 e. The van der Waals surface area contributed by atoms with Crippen LogP contribution in [0, 0.1) is 5.82 Å². The lowest BCUT2D eigenvalue weighted by molar-refractivity contribution is 0.622. The van der Waals surface area contributed by atoms with Crippen molar-refractivity contribution < 1.29 is 4.39 Å². The second kappa shape index (κ2) is 3.76. The molecule has 3 heteroatoms. The Kier molecular flexibility index (Phi) is 2.46. The van der Waals surface area contributed by atoms with Crippen LogP contribution in [0.1, 0.15) is 0 Å². The summed E-state index contributed by atoms with van der Waals surface area (Å²) in [6, 6.07) is 11.0. The SMILES string of the molecule is Fc1cnc(-c2ccccc2)cc1Cl. The first-order valence-electron chi connectivity index (χ1n) is 4.14. The summed E-state index contributed by atoms with van der Waals surface area (Å²) in [5.74, 6) is -0.494. The highest BCUT2D eigenvalue weighted by atomic mass is 35.5. The molecule has 0 atom stereocenters. The van der Waals surface area contributed by atoms with Gasteiger partial charge in [-0.25, -0.2) is 4.39 Å². The highest BCUT2D eigenvalue weighted by Gasteiger charge is 2.03. The Morgan fingerprint density at radius 3 is 2.50 bits per heavy atom. The van der Waals surface area contributed by atoms with Crippen molar-refractivity contribution in [3.63, 3.8) is 0 Å². The lowest BCUT2D eigenvalue weighted by atomic mass is 10.1. The van der Waals surface area contributed by atoms with Crippen molar-refractivity contribution in [3.8, 4) is 11.3 Å². The fraction of sp³-hybridized carbons (Fsp3) is 0. The van der Waals surface area contributed by atoms with E-state index in [2.05, 4.69) is 4.98 Å². The van der Waals surface area contributed by atoms with E-state index in [4.69, 9.17) is 11.6 Å². The summed E-state index contributed by atoms with van der Waals surface area (Å²) in [7, 11) is 0. The Morgan fingerprint density at radius 2 is 1.86 bits per heavy atom. The molecule has 1 aromatic heterocycles. The van der Waals surface area contributed by atoms with Crippen LogP contribution in [0.5, 0.6) is 0 Å². The Bertz CT molecular complexity index is 442. The van der Waals surface area contributed by atoms with E-state index in [1.165, 1.54) is 6.07 Å². The van der Waals surface area contributed by atoms with E-state index >= 15 is 0 Å². The maximum Gasteiger partial charge on any atom is 0.160 e. The predicted octanol–water partition coefficient (Wildman–Crippen LogP) is 3.54. The molecule has 0 fully saturated rings. The first kappa shape index (κ1) is 9.16. The van der Waals surface area contributed by atoms with Crippen LogP contribution >= 0.6 is 11.6 Å². The van der Waals surface area contributed by atoms with Crippen LogP contribution in [0.25, 0.3) is 11.3 Å². The molecule has 0 unspecified atom stereocenters. The molecule has 14 heavy (non-hydrogen) atoms. The molecule has 0 aliphatic heterocycles. The molecule has 0 amide bonds. The largest absolute Gasteiger partial charge is 0.253 e. The van der Waals surface area contributed by atoms with Crippen molar-refractivity contribution >= 4 is 11.6 Å². The van der Waals surface area contributed by atoms with Crippen LogP contribution < -0.4 is 0 Å². The van der Waals surface area contributed by atoms with E-state index in [-0.39, 0.29) is 5.02 Å². The zero-order chi connectivity index (χ0) is 9.97. The first-order chi connectivity index (χ1) is 6.77. The normalized spacial score (nSPS) is 10.1. The molecule has 0 radical (unpaired) electrons. The van der Waals surface area contributed by atoms with Crippen molar-refractivity contribution in [1.29, 1.82) is 0 Å². The average molecular weight is 208 g/mol. The van der Waals surface area contributed by atoms with Crippen molar-refractivity contribution in [2.75, 3.05) is 0 Å². The van der Waals surface area contributed by atoms with Gasteiger partial charge in [-0.05, 0) is 6.07 Å². The van der Waals surface area contributed by atoms with Gasteiger partial charge in [0.2, 0.25) is 0 Å². The van der Waals surface area contributed by atoms with Gasteiger partial charge in [-0.2, -0.15) is 0 Å². The average Bonchev–Trinajstić information content (AvgIpc) is 2.23. The topological polar surface area (TPSA) is 12.9 Å². The molecule has 0 N–H and O–H groups in total. The number of hydrogen-bond donors (Lipinski definition) is 0. The quantitative estimate of drug-likeness (QED) is 0.697. The first-order valence-corrected chi connectivity index (χ1v) is 4.51. The van der Waals surface area contributed by atoms with Gasteiger partial charge in [0.15, 0.2) is 5.82 Å². The fourth-order valence-corrected chi connectivity index (χ4v) is 1.33. The van der Waals surface area contributed by atoms with E-state index in [9.17, 15) is 4.39 Å². The summed E-state index contributed by atoms with van der Waals surface area (Å²) in [4.78, 5) is 3.95. The van der Waals surface area contributed by atoms with Gasteiger partial charge >= 0.3 is 0 Å². The highest BCUT2D eigenvalue weighted by molar-refractivity contribution is 6.30. The molecule has 70 valence electrons. The number of aromatic nitrogens is 1. The third-order valence-corrected chi connectivity index (χ3v) is 2.17. The summed E-state index contributed by atoms with van der Waals surface area (Å²) in [6.45, 7) is 0. The number of nitrogens with zero attached hydrogens (tertiary/aromatic N) is 1. The van der Waals surface area contributed by atoms with Crippen LogP contribution in [-0.2, 0) is 0 Å². The molecule has 2 rings (SSSR count). The predicted molar refractivity (Wildman–Crippen MR) is 54.6 cm³/mol. The molecule has 1 heterocycles. The van der Waals surface area contributed by atoms with Crippen LogP contribution in [0.15, 0.2) is 42.6 Å². The van der Waals surface area contributed by atoms with E-state index in [0.717, 1.165) is 11.8 Å². The van der Waals surface area contributed by atoms with Gasteiger partial charge in [0.25, 0.3) is 0 Å². The number of hydrogen-bond acceptors (Lipinski definition) is 1. The van der Waals surface area contributed by atoms with Gasteiger partial charge in [0, 0.05) is 5.56 Å². The Morgan fingerprint density at radius 1 is 1.14 bits per heavy atom. The Hall–Kier alpha value is -1.41. The third kappa shape index (κ3) is 1.75. The number of pyridine rings is 1. The molecule has 0 aliphatic rings. The summed E-state index contributed by atoms with van der Waals surface area (Å²) in [5, 5.41) is 0.0962. The molecule has 1 aromatic carbocycles. The van der Waals surface area contributed by atoms with Crippen LogP contribution in [0.3, 0.4) is 0 Å². The monoisotopic (exact) mass is 207 g/mol. The van der Waals surface area contributed by atoms with Gasteiger partial charge in [-0.1, -0.05) is 41.9 Å². The molecular formula is C11H7ClFN. The molecular weight excluding hydrogens is 201 g/mol. The van der Waals surface area contributed by atoms with Gasteiger partial charge < -0.3 is 0 Å². The van der Waals surface area contributed by atoms with E-state index in [0.29, 0.717) is 5.69 Å². The third-order valence-electron chi connectivity index (χ3n) is 1.88. The highest BCUT2D eigenvalue weighted by Crippen LogP contribution is 2.21. The molecule has 0 bridgehead atoms. The summed E-state index contributed by atoms with van der Waals surface area (Å²) < 4.78 is 12.8. The lowest BCUT2D eigenvalue weighted by Gasteiger charge is -2.00. The van der Waals surface area contributed by atoms with Crippen LogP contribution in [0.4, 0.5) is 4.39 Å². The Labute approximate surface area is 86.2 Å². The number of rotatable bonds is 1. The number of halogens is 2. The minimum atomic E-state index is -0.494. The fourth-order valence-electron chi connectivity index (χ4n) is 1.18. The zero-order valence-corrected chi connectivity index (χ0v) is 8.00. The van der Waals surface area contributed by atoms with E-state index in [1.807, 2.05) is 30.3 Å². The van der Waals surface area contributed by atoms with Crippen molar-refractivity contribution in [3.05, 3.63) is 53.4 Å². The standard InChI is InChI=1S/C11H7ClFN/c12-9-6-11(14-7-10(9)13)8-4-2-1-3-5-8/h1-7H. The second-order valence-electron chi connectivity index (χ2n) is 2.85. The van der Waals surface area contributed by atoms with Crippen molar-refractivity contribution in [1.82, 2.24) is 4.98 Å². The van der Waals surface area contributed by atoms with Crippen molar-refractivity contribution in [2.24, 2.45) is 0 Å². The van der Waals surface area contributed by atoms with Crippen LogP contribution in [-0.4, -0.2) is 4.98 Å². The molecule has 1 nitrogen and oxygen atoms in total. The maximum atomic E-state index is 12.8. The molecule has 0 spiro atoms. The van der Waals surface area contributed by atoms with E-state index in [1.54, 1.807) is 0 Å². The van der Waals surface area contributed by atoms with Crippen LogP contribution in [0.2, 0.25) is 5.02 Å². The summed E-state index contributed by atoms with van der Waals surface area (Å²) >= 11 is 5.65. The minimum absolute atomic E-state index is 0.0962. The Balaban J connectivity index is 2.48. The summed E-state index contributed by atoms with van der Waals surface area (Å²) in [6.07, 6.45) is 1.13. The van der Waals surface area contributed by atoms with Gasteiger partial charge in [0.05, 0.1) is 16.9 Å². The number of benzene rings is 1. The molecule has 0 saturated heterocycles. The lowest BCUT2D eigenvalue weighted by Crippen LogP contribution is -1.85. The maximum absolute atomic E-state index is 12.8. The molecule has 2 aromatic rings. The van der Waals surface area contributed by atoms with Gasteiger partial charge in [-0.3, -0.25) is 4.98 Å². The molecule has 0 saturated carbocycles. The van der Waals surface area contributed by atoms with Gasteiger partial charge in [-0.15, -0.1) is 0 Å². The second-order valence-corrected chi connectivity index (χ2v) is 3.26. The summed E-state index contributed by atoms with van der Waals surface area (Å²) in [5.41, 5.74) is 1.60.